The van der Waals surface area contributed by atoms with E-state index in [1.807, 2.05) is 0 Å². The second-order valence-electron chi connectivity index (χ2n) is 4.16. The third-order valence-corrected chi connectivity index (χ3v) is 3.27. The zero-order valence-corrected chi connectivity index (χ0v) is 11.5. The lowest BCUT2D eigenvalue weighted by Crippen LogP contribution is -2.32. The summed E-state index contributed by atoms with van der Waals surface area (Å²) >= 11 is 1.12. The smallest absolute Gasteiger partial charge is 0.313 e. The van der Waals surface area contributed by atoms with E-state index in [0.717, 1.165) is 24.7 Å². The minimum Gasteiger partial charge on any atom is -0.481 e. The fourth-order valence-corrected chi connectivity index (χ4v) is 1.66. The Balaban J connectivity index is 3.42. The summed E-state index contributed by atoms with van der Waals surface area (Å²) in [5.74, 6) is -0.791. The number of thioether (sulfide) groups is 1. The van der Waals surface area contributed by atoms with Gasteiger partial charge in [-0.3, -0.25) is 9.59 Å². The lowest BCUT2D eigenvalue weighted by molar-refractivity contribution is -0.133. The Hall–Kier alpha value is -0.750. The molecule has 17 heavy (non-hydrogen) atoms. The number of nitrogens with zero attached hydrogens (tertiary/aromatic N) is 1. The number of carboxylic acid groups (broad SMARTS) is 1. The van der Waals surface area contributed by atoms with Gasteiger partial charge in [0, 0.05) is 12.6 Å². The topological polar surface area (TPSA) is 69.6 Å². The third kappa shape index (κ3) is 10.1. The van der Waals surface area contributed by atoms with E-state index in [-0.39, 0.29) is 17.4 Å². The molecule has 6 heteroatoms. The van der Waals surface area contributed by atoms with Gasteiger partial charge in [0.1, 0.15) is 0 Å². The van der Waals surface area contributed by atoms with Gasteiger partial charge in [-0.05, 0) is 33.9 Å². The Labute approximate surface area is 107 Å². The molecular formula is C11H22N2O3S. The average Bonchev–Trinajstić information content (AvgIpc) is 2.23. The Morgan fingerprint density at radius 2 is 2.00 bits per heavy atom. The molecule has 5 nitrogen and oxygen atoms in total. The van der Waals surface area contributed by atoms with Gasteiger partial charge in [0.05, 0.1) is 11.5 Å². The summed E-state index contributed by atoms with van der Waals surface area (Å²) in [5.41, 5.74) is 0. The molecule has 0 atom stereocenters. The largest absolute Gasteiger partial charge is 0.481 e. The van der Waals surface area contributed by atoms with Gasteiger partial charge >= 0.3 is 5.97 Å². The number of hydrogen-bond donors (Lipinski definition) is 2. The molecule has 0 rings (SSSR count). The van der Waals surface area contributed by atoms with E-state index in [4.69, 9.17) is 5.11 Å². The monoisotopic (exact) mass is 262 g/mol. The second-order valence-corrected chi connectivity index (χ2v) is 5.15. The molecule has 0 spiro atoms. The molecule has 1 amide bonds. The summed E-state index contributed by atoms with van der Waals surface area (Å²) in [4.78, 5) is 23.7. The number of aliphatic carboxylic acids is 1. The fourth-order valence-electron chi connectivity index (χ4n) is 1.10. The van der Waals surface area contributed by atoms with Crippen LogP contribution in [0.2, 0.25) is 0 Å². The number of carbonyl (C=O) groups is 2. The van der Waals surface area contributed by atoms with E-state index < -0.39 is 5.97 Å². The molecule has 0 aliphatic carbocycles. The van der Waals surface area contributed by atoms with Crippen LogP contribution in [0.25, 0.3) is 0 Å². The molecule has 0 radical (unpaired) electrons. The van der Waals surface area contributed by atoms with Crippen molar-refractivity contribution in [1.82, 2.24) is 10.2 Å². The number of hydrogen-bond acceptors (Lipinski definition) is 4. The van der Waals surface area contributed by atoms with Gasteiger partial charge in [-0.2, -0.15) is 0 Å². The Kier molecular flexibility index (Phi) is 8.89. The highest BCUT2D eigenvalue weighted by atomic mass is 32.2. The van der Waals surface area contributed by atoms with Crippen molar-refractivity contribution in [3.05, 3.63) is 0 Å². The summed E-state index contributed by atoms with van der Waals surface area (Å²) < 4.78 is 0. The van der Waals surface area contributed by atoms with Crippen LogP contribution < -0.4 is 5.32 Å². The van der Waals surface area contributed by atoms with E-state index in [2.05, 4.69) is 31.1 Å². The summed E-state index contributed by atoms with van der Waals surface area (Å²) in [6.45, 7) is 5.84. The highest BCUT2D eigenvalue weighted by molar-refractivity contribution is 8.00. The van der Waals surface area contributed by atoms with Crippen LogP contribution in [0.15, 0.2) is 0 Å². The highest BCUT2D eigenvalue weighted by Crippen LogP contribution is 1.98. The van der Waals surface area contributed by atoms with Crippen LogP contribution in [0.1, 0.15) is 20.3 Å². The molecule has 0 aromatic heterocycles. The number of amides is 1. The molecular weight excluding hydrogens is 240 g/mol. The molecule has 0 saturated heterocycles. The summed E-state index contributed by atoms with van der Waals surface area (Å²) in [6.07, 6.45) is 0.907. The quantitative estimate of drug-likeness (QED) is 0.597. The van der Waals surface area contributed by atoms with Gasteiger partial charge in [0.15, 0.2) is 0 Å². The predicted molar refractivity (Wildman–Crippen MR) is 70.4 cm³/mol. The predicted octanol–water partition coefficient (Wildman–Crippen LogP) is 0.651. The lowest BCUT2D eigenvalue weighted by Gasteiger charge is -2.20. The van der Waals surface area contributed by atoms with Gasteiger partial charge in [0.25, 0.3) is 0 Å². The minimum absolute atomic E-state index is 0.0243. The van der Waals surface area contributed by atoms with Crippen molar-refractivity contribution in [2.45, 2.75) is 26.3 Å². The molecule has 0 aromatic carbocycles. The van der Waals surface area contributed by atoms with Gasteiger partial charge < -0.3 is 15.3 Å². The van der Waals surface area contributed by atoms with E-state index in [0.29, 0.717) is 12.6 Å². The van der Waals surface area contributed by atoms with E-state index in [1.165, 1.54) is 0 Å². The summed E-state index contributed by atoms with van der Waals surface area (Å²) in [5, 5.41) is 11.2. The van der Waals surface area contributed by atoms with Crippen molar-refractivity contribution >= 4 is 23.6 Å². The number of nitrogens with one attached hydrogen (secondary N) is 1. The van der Waals surface area contributed by atoms with Crippen molar-refractivity contribution in [3.8, 4) is 0 Å². The maximum Gasteiger partial charge on any atom is 0.313 e. The molecule has 2 N–H and O–H groups in total. The fraction of sp³-hybridized carbons (Fsp3) is 0.818. The van der Waals surface area contributed by atoms with Crippen molar-refractivity contribution in [2.75, 3.05) is 31.6 Å². The number of rotatable bonds is 9. The van der Waals surface area contributed by atoms with Crippen LogP contribution in [-0.4, -0.2) is 59.6 Å². The van der Waals surface area contributed by atoms with Gasteiger partial charge in [-0.25, -0.2) is 0 Å². The first-order valence-corrected chi connectivity index (χ1v) is 6.85. The Bertz CT molecular complexity index is 247. The first-order valence-electron chi connectivity index (χ1n) is 5.70. The molecule has 0 fully saturated rings. The second kappa shape index (κ2) is 9.30. The summed E-state index contributed by atoms with van der Waals surface area (Å²) in [6, 6.07) is 0.511. The number of carboxylic acids is 1. The van der Waals surface area contributed by atoms with Crippen molar-refractivity contribution in [3.63, 3.8) is 0 Å². The van der Waals surface area contributed by atoms with Gasteiger partial charge in [-0.1, -0.05) is 0 Å². The van der Waals surface area contributed by atoms with Crippen LogP contribution in [0.5, 0.6) is 0 Å². The highest BCUT2D eigenvalue weighted by Gasteiger charge is 2.05. The van der Waals surface area contributed by atoms with Crippen LogP contribution >= 0.6 is 11.8 Å². The molecule has 0 unspecified atom stereocenters. The molecule has 0 saturated carbocycles. The van der Waals surface area contributed by atoms with Gasteiger partial charge in [-0.15, -0.1) is 11.8 Å². The standard InChI is InChI=1S/C11H22N2O3S/c1-9(2)13(3)6-4-5-12-10(14)7-17-8-11(15)16/h9H,4-8H2,1-3H3,(H,12,14)(H,15,16). The maximum atomic E-state index is 11.3. The first kappa shape index (κ1) is 16.2. The van der Waals surface area contributed by atoms with Crippen molar-refractivity contribution < 1.29 is 14.7 Å². The number of carbonyl (C=O) groups excluding carboxylic acids is 1. The van der Waals surface area contributed by atoms with Crippen molar-refractivity contribution in [1.29, 1.82) is 0 Å². The molecule has 0 aliphatic rings. The van der Waals surface area contributed by atoms with Crippen LogP contribution in [0, 0.1) is 0 Å². The van der Waals surface area contributed by atoms with E-state index >= 15 is 0 Å². The average molecular weight is 262 g/mol. The van der Waals surface area contributed by atoms with E-state index in [1.54, 1.807) is 0 Å². The molecule has 0 aromatic rings. The minimum atomic E-state index is -0.888. The zero-order chi connectivity index (χ0) is 13.3. The molecule has 0 heterocycles. The van der Waals surface area contributed by atoms with Crippen LogP contribution in [0.4, 0.5) is 0 Å². The molecule has 0 aliphatic heterocycles. The summed E-state index contributed by atoms with van der Waals surface area (Å²) in [7, 11) is 2.05. The lowest BCUT2D eigenvalue weighted by atomic mass is 10.3. The third-order valence-electron chi connectivity index (χ3n) is 2.35. The zero-order valence-electron chi connectivity index (χ0n) is 10.7. The normalized spacial score (nSPS) is 10.9. The molecule has 0 bridgehead atoms. The Morgan fingerprint density at radius 1 is 1.35 bits per heavy atom. The molecule has 100 valence electrons. The van der Waals surface area contributed by atoms with Gasteiger partial charge in [0.2, 0.25) is 5.91 Å². The van der Waals surface area contributed by atoms with Crippen molar-refractivity contribution in [2.24, 2.45) is 0 Å². The Morgan fingerprint density at radius 3 is 2.53 bits per heavy atom. The maximum absolute atomic E-state index is 11.3. The SMILES string of the molecule is CC(C)N(C)CCCNC(=O)CSCC(=O)O. The van der Waals surface area contributed by atoms with Crippen LogP contribution in [-0.2, 0) is 9.59 Å². The van der Waals surface area contributed by atoms with E-state index in [9.17, 15) is 9.59 Å². The first-order chi connectivity index (χ1) is 7.93. The van der Waals surface area contributed by atoms with Crippen LogP contribution in [0.3, 0.4) is 0 Å².